The number of hydrogen-bond acceptors (Lipinski definition) is 5. The lowest BCUT2D eigenvalue weighted by atomic mass is 10.1. The topological polar surface area (TPSA) is 74.2 Å². The number of anilines is 1. The summed E-state index contributed by atoms with van der Waals surface area (Å²) in [6.45, 7) is 0.473. The summed E-state index contributed by atoms with van der Waals surface area (Å²) in [5.74, 6) is 1.86. The number of ether oxygens (including phenoxy) is 1. The number of halogens is 1. The summed E-state index contributed by atoms with van der Waals surface area (Å²) in [5, 5.41) is 6.89. The highest BCUT2D eigenvalue weighted by molar-refractivity contribution is 6.35. The van der Waals surface area contributed by atoms with Gasteiger partial charge in [-0.15, -0.1) is 0 Å². The summed E-state index contributed by atoms with van der Waals surface area (Å²) in [4.78, 5) is 4.09. The van der Waals surface area contributed by atoms with Crippen molar-refractivity contribution in [2.24, 2.45) is 0 Å². The van der Waals surface area contributed by atoms with Gasteiger partial charge < -0.3 is 15.0 Å². The predicted molar refractivity (Wildman–Crippen MR) is 127 cm³/mol. The first kappa shape index (κ1) is 20.1. The Morgan fingerprint density at radius 2 is 1.66 bits per heavy atom. The van der Waals surface area contributed by atoms with Crippen LogP contribution in [-0.4, -0.2) is 10.1 Å². The number of rotatable bonds is 6. The maximum atomic E-state index is 6.30. The molecular formula is C26H20ClN3O2. The van der Waals surface area contributed by atoms with Crippen LogP contribution >= 0.6 is 11.6 Å². The van der Waals surface area contributed by atoms with Crippen molar-refractivity contribution in [2.45, 2.75) is 13.0 Å². The van der Waals surface area contributed by atoms with Crippen LogP contribution in [0.4, 0.5) is 5.82 Å². The highest BCUT2D eigenvalue weighted by Gasteiger charge is 2.11. The lowest BCUT2D eigenvalue weighted by molar-refractivity contribution is 0.310. The maximum absolute atomic E-state index is 6.30. The maximum Gasteiger partial charge on any atom is 0.170 e. The molecule has 0 radical (unpaired) electrons. The first-order chi connectivity index (χ1) is 15.7. The number of aromatic nitrogens is 2. The molecule has 0 bridgehead atoms. The van der Waals surface area contributed by atoms with Gasteiger partial charge >= 0.3 is 0 Å². The van der Waals surface area contributed by atoms with Crippen molar-refractivity contribution in [3.05, 3.63) is 107 Å². The Morgan fingerprint density at radius 1 is 0.875 bits per heavy atom. The fourth-order valence-electron chi connectivity index (χ4n) is 3.63. The number of fused-ring (bicyclic) bond motifs is 1. The molecule has 5 rings (SSSR count). The number of nitrogens with zero attached hydrogens (tertiary/aromatic N) is 2. The smallest absolute Gasteiger partial charge is 0.170 e. The standard InChI is InChI=1S/C26H20ClN3O2/c27-23-11-12-24(21-5-2-1-4-20(21)23)31-16-18-9-7-17(8-10-18)14-19-15-25(32-30-19)22-6-3-13-29-26(22)28/h1-13,15H,14,16H2,(H2,28,29). The Labute approximate surface area is 190 Å². The Kier molecular flexibility index (Phi) is 5.48. The van der Waals surface area contributed by atoms with Crippen LogP contribution in [0.3, 0.4) is 0 Å². The Morgan fingerprint density at radius 3 is 2.47 bits per heavy atom. The van der Waals surface area contributed by atoms with E-state index in [4.69, 9.17) is 26.6 Å². The molecule has 0 amide bonds. The summed E-state index contributed by atoms with van der Waals surface area (Å²) >= 11 is 6.30. The van der Waals surface area contributed by atoms with E-state index in [1.54, 1.807) is 6.20 Å². The van der Waals surface area contributed by atoms with Crippen molar-refractivity contribution >= 4 is 28.2 Å². The van der Waals surface area contributed by atoms with Gasteiger partial charge in [0.15, 0.2) is 5.76 Å². The first-order valence-electron chi connectivity index (χ1n) is 10.2. The van der Waals surface area contributed by atoms with E-state index in [2.05, 4.69) is 34.4 Å². The second kappa shape index (κ2) is 8.73. The highest BCUT2D eigenvalue weighted by Crippen LogP contribution is 2.32. The molecule has 0 aliphatic carbocycles. The summed E-state index contributed by atoms with van der Waals surface area (Å²) in [6.07, 6.45) is 2.31. The molecule has 5 aromatic rings. The monoisotopic (exact) mass is 441 g/mol. The molecule has 3 aromatic carbocycles. The van der Waals surface area contributed by atoms with Gasteiger partial charge in [0.2, 0.25) is 0 Å². The van der Waals surface area contributed by atoms with Crippen molar-refractivity contribution < 1.29 is 9.26 Å². The molecule has 2 heterocycles. The lowest BCUT2D eigenvalue weighted by Crippen LogP contribution is -1.97. The molecule has 2 N–H and O–H groups in total. The minimum absolute atomic E-state index is 0.424. The average molecular weight is 442 g/mol. The predicted octanol–water partition coefficient (Wildman–Crippen LogP) is 6.30. The number of nitrogens with two attached hydrogens (primary N) is 1. The van der Waals surface area contributed by atoms with Gasteiger partial charge in [0, 0.05) is 34.5 Å². The fraction of sp³-hybridized carbons (Fsp3) is 0.0769. The van der Waals surface area contributed by atoms with Crippen LogP contribution in [0.15, 0.2) is 89.6 Å². The van der Waals surface area contributed by atoms with Gasteiger partial charge in [0.1, 0.15) is 18.2 Å². The van der Waals surface area contributed by atoms with Crippen LogP contribution in [0.5, 0.6) is 5.75 Å². The molecule has 0 saturated carbocycles. The zero-order chi connectivity index (χ0) is 21.9. The molecule has 5 nitrogen and oxygen atoms in total. The second-order valence-electron chi connectivity index (χ2n) is 7.49. The van der Waals surface area contributed by atoms with Gasteiger partial charge in [-0.2, -0.15) is 0 Å². The average Bonchev–Trinajstić information content (AvgIpc) is 3.28. The van der Waals surface area contributed by atoms with E-state index >= 15 is 0 Å². The van der Waals surface area contributed by atoms with Crippen molar-refractivity contribution in [1.29, 1.82) is 0 Å². The third kappa shape index (κ3) is 4.15. The zero-order valence-electron chi connectivity index (χ0n) is 17.2. The molecule has 0 saturated heterocycles. The number of pyridine rings is 1. The lowest BCUT2D eigenvalue weighted by Gasteiger charge is -2.11. The minimum atomic E-state index is 0.424. The van der Waals surface area contributed by atoms with Gasteiger partial charge in [-0.3, -0.25) is 0 Å². The second-order valence-corrected chi connectivity index (χ2v) is 7.90. The molecule has 0 atom stereocenters. The van der Waals surface area contributed by atoms with Crippen LogP contribution in [-0.2, 0) is 13.0 Å². The van der Waals surface area contributed by atoms with E-state index in [0.717, 1.165) is 43.9 Å². The van der Waals surface area contributed by atoms with E-state index in [1.165, 1.54) is 0 Å². The molecule has 0 aliphatic rings. The van der Waals surface area contributed by atoms with E-state index < -0.39 is 0 Å². The Bertz CT molecular complexity index is 1380. The van der Waals surface area contributed by atoms with Gasteiger partial charge in [0.25, 0.3) is 0 Å². The van der Waals surface area contributed by atoms with Gasteiger partial charge in [-0.25, -0.2) is 4.98 Å². The van der Waals surface area contributed by atoms with Crippen LogP contribution < -0.4 is 10.5 Å². The van der Waals surface area contributed by atoms with E-state index in [0.29, 0.717) is 24.6 Å². The van der Waals surface area contributed by atoms with Crippen LogP contribution in [0, 0.1) is 0 Å². The molecule has 32 heavy (non-hydrogen) atoms. The molecular weight excluding hydrogens is 422 g/mol. The quantitative estimate of drug-likeness (QED) is 0.335. The molecule has 0 fully saturated rings. The zero-order valence-corrected chi connectivity index (χ0v) is 17.9. The fourth-order valence-corrected chi connectivity index (χ4v) is 3.86. The summed E-state index contributed by atoms with van der Waals surface area (Å²) in [5.41, 5.74) is 9.71. The van der Waals surface area contributed by atoms with Gasteiger partial charge in [0.05, 0.1) is 11.3 Å². The van der Waals surface area contributed by atoms with Crippen molar-refractivity contribution in [3.63, 3.8) is 0 Å². The number of hydrogen-bond donors (Lipinski definition) is 1. The largest absolute Gasteiger partial charge is 0.488 e. The normalized spacial score (nSPS) is 11.0. The third-order valence-corrected chi connectivity index (χ3v) is 5.63. The summed E-state index contributed by atoms with van der Waals surface area (Å²) < 4.78 is 11.5. The van der Waals surface area contributed by atoms with E-state index in [-0.39, 0.29) is 0 Å². The summed E-state index contributed by atoms with van der Waals surface area (Å²) in [7, 11) is 0. The Hall–Kier alpha value is -3.83. The van der Waals surface area contributed by atoms with Crippen molar-refractivity contribution in [2.75, 3.05) is 5.73 Å². The van der Waals surface area contributed by atoms with Crippen LogP contribution in [0.2, 0.25) is 5.02 Å². The summed E-state index contributed by atoms with van der Waals surface area (Å²) in [6, 6.07) is 25.6. The molecule has 2 aromatic heterocycles. The van der Waals surface area contributed by atoms with E-state index in [9.17, 15) is 0 Å². The van der Waals surface area contributed by atoms with E-state index in [1.807, 2.05) is 54.6 Å². The SMILES string of the molecule is Nc1ncccc1-c1cc(Cc2ccc(COc3ccc(Cl)c4ccccc34)cc2)no1. The number of nitrogen functional groups attached to an aromatic ring is 1. The molecule has 0 spiro atoms. The Balaban J connectivity index is 1.26. The number of benzene rings is 3. The van der Waals surface area contributed by atoms with Crippen LogP contribution in [0.1, 0.15) is 16.8 Å². The minimum Gasteiger partial charge on any atom is -0.488 e. The molecule has 0 aliphatic heterocycles. The van der Waals surface area contributed by atoms with Gasteiger partial charge in [-0.1, -0.05) is 65.3 Å². The van der Waals surface area contributed by atoms with Gasteiger partial charge in [-0.05, 0) is 35.4 Å². The van der Waals surface area contributed by atoms with Crippen molar-refractivity contribution in [3.8, 4) is 17.1 Å². The molecule has 6 heteroatoms. The van der Waals surface area contributed by atoms with Crippen molar-refractivity contribution in [1.82, 2.24) is 10.1 Å². The molecule has 158 valence electrons. The molecule has 0 unspecified atom stereocenters. The first-order valence-corrected chi connectivity index (χ1v) is 10.6. The van der Waals surface area contributed by atoms with Crippen LogP contribution in [0.25, 0.3) is 22.1 Å². The third-order valence-electron chi connectivity index (χ3n) is 5.30. The highest BCUT2D eigenvalue weighted by atomic mass is 35.5.